The van der Waals surface area contributed by atoms with Crippen molar-refractivity contribution in [2.75, 3.05) is 0 Å². The van der Waals surface area contributed by atoms with Gasteiger partial charge in [0.1, 0.15) is 0 Å². The molecule has 0 N–H and O–H groups in total. The fraction of sp³-hybridized carbons (Fsp3) is 0.667. The van der Waals surface area contributed by atoms with E-state index in [4.69, 9.17) is 0 Å². The molecular formula is C24H34. The number of hydrogen-bond acceptors (Lipinski definition) is 0. The largest absolute Gasteiger partial charge is 0.103 e. The summed E-state index contributed by atoms with van der Waals surface area (Å²) in [6.45, 7) is 18.0. The molecule has 6 atom stereocenters. The topological polar surface area (TPSA) is 0 Å². The van der Waals surface area contributed by atoms with Crippen LogP contribution in [0.5, 0.6) is 0 Å². The summed E-state index contributed by atoms with van der Waals surface area (Å²) in [5.74, 6) is 3.49. The van der Waals surface area contributed by atoms with Crippen molar-refractivity contribution < 1.29 is 0 Å². The van der Waals surface area contributed by atoms with Gasteiger partial charge in [-0.1, -0.05) is 50.3 Å². The zero-order valence-corrected chi connectivity index (χ0v) is 15.7. The highest BCUT2D eigenvalue weighted by atomic mass is 14.6. The number of hydrogen-bond donors (Lipinski definition) is 0. The van der Waals surface area contributed by atoms with Gasteiger partial charge in [-0.15, -0.1) is 6.58 Å². The van der Waals surface area contributed by atoms with Crippen molar-refractivity contribution in [3.63, 3.8) is 0 Å². The molecule has 4 rings (SSSR count). The molecule has 3 saturated carbocycles. The van der Waals surface area contributed by atoms with E-state index in [9.17, 15) is 0 Å². The maximum Gasteiger partial charge on any atom is -0.00384 e. The first kappa shape index (κ1) is 16.4. The average molecular weight is 323 g/mol. The van der Waals surface area contributed by atoms with E-state index in [1.165, 1.54) is 62.5 Å². The van der Waals surface area contributed by atoms with E-state index >= 15 is 0 Å². The van der Waals surface area contributed by atoms with Gasteiger partial charge in [0.15, 0.2) is 0 Å². The summed E-state index contributed by atoms with van der Waals surface area (Å²) < 4.78 is 0. The average Bonchev–Trinajstić information content (AvgIpc) is 2.87. The Balaban J connectivity index is 1.69. The zero-order chi connectivity index (χ0) is 17.1. The number of fused-ring (bicyclic) bond motifs is 5. The highest BCUT2D eigenvalue weighted by Gasteiger charge is 2.58. The minimum Gasteiger partial charge on any atom is -0.103 e. The van der Waals surface area contributed by atoms with E-state index in [0.717, 1.165) is 23.7 Å². The minimum atomic E-state index is 0.360. The van der Waals surface area contributed by atoms with Crippen molar-refractivity contribution in [3.05, 3.63) is 48.6 Å². The van der Waals surface area contributed by atoms with Crippen LogP contribution in [-0.2, 0) is 0 Å². The van der Waals surface area contributed by atoms with Gasteiger partial charge < -0.3 is 0 Å². The lowest BCUT2D eigenvalue weighted by Crippen LogP contribution is -2.50. The highest BCUT2D eigenvalue weighted by Crippen LogP contribution is 2.67. The highest BCUT2D eigenvalue weighted by molar-refractivity contribution is 5.45. The Labute approximate surface area is 148 Å². The maximum absolute atomic E-state index is 4.54. The summed E-state index contributed by atoms with van der Waals surface area (Å²) in [7, 11) is 0. The van der Waals surface area contributed by atoms with Crippen LogP contribution in [0.4, 0.5) is 0 Å². The zero-order valence-electron chi connectivity index (χ0n) is 15.7. The van der Waals surface area contributed by atoms with Crippen molar-refractivity contribution in [3.8, 4) is 0 Å². The Hall–Kier alpha value is -1.04. The van der Waals surface area contributed by atoms with Crippen LogP contribution in [0.3, 0.4) is 0 Å². The smallest absolute Gasteiger partial charge is 0.00384 e. The Bertz CT molecular complexity index is 620. The Kier molecular flexibility index (Phi) is 3.75. The normalized spacial score (nSPS) is 47.5. The summed E-state index contributed by atoms with van der Waals surface area (Å²) in [5, 5.41) is 0. The van der Waals surface area contributed by atoms with Crippen LogP contribution >= 0.6 is 0 Å². The predicted molar refractivity (Wildman–Crippen MR) is 104 cm³/mol. The van der Waals surface area contributed by atoms with Crippen LogP contribution in [0.1, 0.15) is 65.2 Å². The van der Waals surface area contributed by atoms with Gasteiger partial charge in [-0.3, -0.25) is 0 Å². The molecule has 0 bridgehead atoms. The lowest BCUT2D eigenvalue weighted by atomic mass is 9.46. The van der Waals surface area contributed by atoms with Crippen molar-refractivity contribution in [1.82, 2.24) is 0 Å². The second-order valence-corrected chi connectivity index (χ2v) is 9.66. The third-order valence-electron chi connectivity index (χ3n) is 8.70. The fourth-order valence-electron chi connectivity index (χ4n) is 7.34. The van der Waals surface area contributed by atoms with Crippen LogP contribution in [0, 0.1) is 34.5 Å². The molecule has 6 unspecified atom stereocenters. The molecule has 0 aromatic carbocycles. The third-order valence-corrected chi connectivity index (χ3v) is 8.70. The summed E-state index contributed by atoms with van der Waals surface area (Å²) in [5.41, 5.74) is 5.21. The fourth-order valence-corrected chi connectivity index (χ4v) is 7.34. The van der Waals surface area contributed by atoms with Crippen LogP contribution in [-0.4, -0.2) is 0 Å². The van der Waals surface area contributed by atoms with Gasteiger partial charge >= 0.3 is 0 Å². The van der Waals surface area contributed by atoms with Gasteiger partial charge in [-0.25, -0.2) is 0 Å². The van der Waals surface area contributed by atoms with Gasteiger partial charge in [0.25, 0.3) is 0 Å². The lowest BCUT2D eigenvalue weighted by Gasteiger charge is -2.59. The maximum atomic E-state index is 4.54. The van der Waals surface area contributed by atoms with E-state index in [0.29, 0.717) is 10.8 Å². The molecule has 4 aliphatic rings. The van der Waals surface area contributed by atoms with Crippen LogP contribution in [0.2, 0.25) is 0 Å². The molecule has 130 valence electrons. The SMILES string of the molecule is C=CCC1CCC2C3CC(=C)C4=CC(=C)CCC4(C)C3CCC12C. The van der Waals surface area contributed by atoms with E-state index in [1.54, 1.807) is 5.57 Å². The molecule has 0 heterocycles. The van der Waals surface area contributed by atoms with Crippen LogP contribution in [0.15, 0.2) is 48.6 Å². The molecule has 3 fully saturated rings. The molecule has 0 spiro atoms. The van der Waals surface area contributed by atoms with E-state index in [-0.39, 0.29) is 0 Å². The van der Waals surface area contributed by atoms with Crippen LogP contribution in [0.25, 0.3) is 0 Å². The van der Waals surface area contributed by atoms with Crippen molar-refractivity contribution in [2.24, 2.45) is 34.5 Å². The standard InChI is InChI=1S/C24H34/c1-6-7-18-8-9-20-19-15-17(3)22-14-16(2)10-12-24(22,5)21(19)11-13-23(18,20)4/h6,14,18-21H,1-3,7-13,15H2,4-5H3. The Morgan fingerprint density at radius 3 is 2.67 bits per heavy atom. The molecular weight excluding hydrogens is 288 g/mol. The van der Waals surface area contributed by atoms with Gasteiger partial charge in [-0.05, 0) is 91.4 Å². The first-order chi connectivity index (χ1) is 11.4. The van der Waals surface area contributed by atoms with Crippen molar-refractivity contribution in [1.29, 1.82) is 0 Å². The molecule has 0 amide bonds. The Morgan fingerprint density at radius 1 is 1.12 bits per heavy atom. The molecule has 0 saturated heterocycles. The summed E-state index contributed by atoms with van der Waals surface area (Å²) in [6, 6.07) is 0. The lowest BCUT2D eigenvalue weighted by molar-refractivity contribution is -0.0395. The van der Waals surface area contributed by atoms with Crippen LogP contribution < -0.4 is 0 Å². The van der Waals surface area contributed by atoms with Crippen molar-refractivity contribution >= 4 is 0 Å². The summed E-state index contributed by atoms with van der Waals surface area (Å²) >= 11 is 0. The van der Waals surface area contributed by atoms with E-state index in [2.05, 4.69) is 45.7 Å². The Morgan fingerprint density at radius 2 is 1.92 bits per heavy atom. The first-order valence-corrected chi connectivity index (χ1v) is 10.1. The van der Waals surface area contributed by atoms with Gasteiger partial charge in [0, 0.05) is 0 Å². The molecule has 24 heavy (non-hydrogen) atoms. The molecule has 0 radical (unpaired) electrons. The van der Waals surface area contributed by atoms with Gasteiger partial charge in [-0.2, -0.15) is 0 Å². The molecule has 4 aliphatic carbocycles. The molecule has 0 heteroatoms. The number of rotatable bonds is 2. The molecule has 0 aliphatic heterocycles. The predicted octanol–water partition coefficient (Wildman–Crippen LogP) is 6.86. The quantitative estimate of drug-likeness (QED) is 0.487. The second-order valence-electron chi connectivity index (χ2n) is 9.66. The molecule has 0 nitrogen and oxygen atoms in total. The summed E-state index contributed by atoms with van der Waals surface area (Å²) in [4.78, 5) is 0. The first-order valence-electron chi connectivity index (χ1n) is 10.1. The molecule has 0 aromatic heterocycles. The van der Waals surface area contributed by atoms with E-state index in [1.807, 2.05) is 0 Å². The number of allylic oxidation sites excluding steroid dienone is 5. The monoisotopic (exact) mass is 322 g/mol. The van der Waals surface area contributed by atoms with Crippen molar-refractivity contribution in [2.45, 2.75) is 65.2 Å². The minimum absolute atomic E-state index is 0.360. The van der Waals surface area contributed by atoms with E-state index < -0.39 is 0 Å². The second kappa shape index (κ2) is 5.48. The van der Waals surface area contributed by atoms with Gasteiger partial charge in [0.2, 0.25) is 0 Å². The molecule has 0 aromatic rings. The third kappa shape index (κ3) is 2.11. The summed E-state index contributed by atoms with van der Waals surface area (Å²) in [6.07, 6.45) is 15.2. The van der Waals surface area contributed by atoms with Gasteiger partial charge in [0.05, 0.1) is 0 Å².